The number of nitrogens with one attached hydrogen (secondary N) is 1. The zero-order chi connectivity index (χ0) is 14.5. The van der Waals surface area contributed by atoms with Gasteiger partial charge in [0.1, 0.15) is 0 Å². The molecule has 106 valence electrons. The molecule has 20 heavy (non-hydrogen) atoms. The Labute approximate surface area is 122 Å². The minimum atomic E-state index is 0.333. The third kappa shape index (κ3) is 3.83. The van der Waals surface area contributed by atoms with E-state index in [1.165, 1.54) is 5.56 Å². The van der Waals surface area contributed by atoms with Crippen molar-refractivity contribution in [2.45, 2.75) is 40.2 Å². The van der Waals surface area contributed by atoms with Gasteiger partial charge in [0, 0.05) is 5.69 Å². The topological polar surface area (TPSA) is 24.9 Å². The van der Waals surface area contributed by atoms with Crippen LogP contribution in [0.15, 0.2) is 42.5 Å². The molecule has 2 rings (SSSR count). The second-order valence-corrected chi connectivity index (χ2v) is 5.82. The molecule has 0 spiro atoms. The van der Waals surface area contributed by atoms with E-state index in [1.54, 1.807) is 0 Å². The normalized spacial score (nSPS) is 12.4. The van der Waals surface area contributed by atoms with Gasteiger partial charge in [-0.2, -0.15) is 0 Å². The van der Waals surface area contributed by atoms with Gasteiger partial charge in [-0.1, -0.05) is 44.2 Å². The molecule has 1 N–H and O–H groups in total. The summed E-state index contributed by atoms with van der Waals surface area (Å²) in [6.45, 7) is 8.61. The molecule has 2 nitrogen and oxygen atoms in total. The van der Waals surface area contributed by atoms with Crippen LogP contribution in [0, 0.1) is 19.8 Å². The number of anilines is 1. The smallest absolute Gasteiger partial charge is 0.0607 e. The van der Waals surface area contributed by atoms with Crippen LogP contribution in [-0.2, 0) is 0 Å². The summed E-state index contributed by atoms with van der Waals surface area (Å²) >= 11 is 0. The van der Waals surface area contributed by atoms with Gasteiger partial charge in [-0.05, 0) is 43.9 Å². The first-order valence-electron chi connectivity index (χ1n) is 7.32. The fourth-order valence-electron chi connectivity index (χ4n) is 2.46. The third-order valence-corrected chi connectivity index (χ3v) is 3.46. The molecule has 1 heterocycles. The van der Waals surface area contributed by atoms with Crippen molar-refractivity contribution >= 4 is 5.69 Å². The number of benzene rings is 1. The molecule has 0 aliphatic heterocycles. The first-order valence-corrected chi connectivity index (χ1v) is 7.32. The third-order valence-electron chi connectivity index (χ3n) is 3.46. The van der Waals surface area contributed by atoms with Crippen LogP contribution < -0.4 is 5.32 Å². The number of nitrogens with zero attached hydrogens (tertiary/aromatic N) is 1. The van der Waals surface area contributed by atoms with E-state index in [2.05, 4.69) is 73.5 Å². The van der Waals surface area contributed by atoms with Gasteiger partial charge in [0.25, 0.3) is 0 Å². The Morgan fingerprint density at radius 1 is 1.00 bits per heavy atom. The number of hydrogen-bond donors (Lipinski definition) is 1. The van der Waals surface area contributed by atoms with Crippen LogP contribution in [-0.4, -0.2) is 4.98 Å². The maximum absolute atomic E-state index is 4.54. The van der Waals surface area contributed by atoms with Gasteiger partial charge in [0.05, 0.1) is 17.4 Å². The van der Waals surface area contributed by atoms with Gasteiger partial charge in [-0.25, -0.2) is 0 Å². The van der Waals surface area contributed by atoms with E-state index in [-0.39, 0.29) is 0 Å². The lowest BCUT2D eigenvalue weighted by Crippen LogP contribution is -2.14. The molecular formula is C18H24N2. The number of pyridine rings is 1. The number of rotatable bonds is 5. The molecule has 1 atom stereocenters. The molecule has 0 saturated heterocycles. The summed E-state index contributed by atoms with van der Waals surface area (Å²) in [6.07, 6.45) is 1.11. The summed E-state index contributed by atoms with van der Waals surface area (Å²) in [4.78, 5) is 4.54. The van der Waals surface area contributed by atoms with Gasteiger partial charge in [0.2, 0.25) is 0 Å². The molecule has 0 radical (unpaired) electrons. The van der Waals surface area contributed by atoms with Crippen LogP contribution >= 0.6 is 0 Å². The lowest BCUT2D eigenvalue weighted by Gasteiger charge is -2.23. The maximum atomic E-state index is 4.54. The Balaban J connectivity index is 2.24. The van der Waals surface area contributed by atoms with E-state index in [0.717, 1.165) is 23.5 Å². The maximum Gasteiger partial charge on any atom is 0.0607 e. The summed E-state index contributed by atoms with van der Waals surface area (Å²) in [6, 6.07) is 15.2. The Morgan fingerprint density at radius 2 is 1.70 bits per heavy atom. The van der Waals surface area contributed by atoms with E-state index in [0.29, 0.717) is 12.0 Å². The Kier molecular flexibility index (Phi) is 4.78. The van der Waals surface area contributed by atoms with Crippen molar-refractivity contribution in [3.05, 3.63) is 59.4 Å². The zero-order valence-electron chi connectivity index (χ0n) is 12.9. The monoisotopic (exact) mass is 268 g/mol. The van der Waals surface area contributed by atoms with Crippen molar-refractivity contribution in [3.63, 3.8) is 0 Å². The molecule has 0 saturated carbocycles. The summed E-state index contributed by atoms with van der Waals surface area (Å²) < 4.78 is 0. The highest BCUT2D eigenvalue weighted by molar-refractivity contribution is 5.49. The van der Waals surface area contributed by atoms with E-state index in [4.69, 9.17) is 0 Å². The molecule has 1 unspecified atom stereocenters. The molecule has 0 aliphatic rings. The molecule has 2 heteroatoms. The van der Waals surface area contributed by atoms with Gasteiger partial charge < -0.3 is 5.32 Å². The number of hydrogen-bond acceptors (Lipinski definition) is 2. The summed E-state index contributed by atoms with van der Waals surface area (Å²) in [5.74, 6) is 0.645. The molecular weight excluding hydrogens is 244 g/mol. The minimum Gasteiger partial charge on any atom is -0.377 e. The molecule has 1 aromatic carbocycles. The van der Waals surface area contributed by atoms with Gasteiger partial charge in [-0.15, -0.1) is 0 Å². The zero-order valence-corrected chi connectivity index (χ0v) is 12.9. The average Bonchev–Trinajstić information content (AvgIpc) is 2.41. The van der Waals surface area contributed by atoms with Crippen LogP contribution in [0.3, 0.4) is 0 Å². The van der Waals surface area contributed by atoms with Gasteiger partial charge >= 0.3 is 0 Å². The van der Waals surface area contributed by atoms with Crippen molar-refractivity contribution in [3.8, 4) is 0 Å². The van der Waals surface area contributed by atoms with Crippen molar-refractivity contribution < 1.29 is 0 Å². The predicted octanol–water partition coefficient (Wildman–Crippen LogP) is 4.90. The quantitative estimate of drug-likeness (QED) is 0.834. The van der Waals surface area contributed by atoms with E-state index in [9.17, 15) is 0 Å². The van der Waals surface area contributed by atoms with Crippen LogP contribution in [0.25, 0.3) is 0 Å². The molecule has 0 amide bonds. The van der Waals surface area contributed by atoms with Crippen LogP contribution in [0.2, 0.25) is 0 Å². The summed E-state index contributed by atoms with van der Waals surface area (Å²) in [5, 5.41) is 3.66. The first kappa shape index (κ1) is 14.6. The Bertz CT molecular complexity index is 547. The SMILES string of the molecule is Cc1ccc(NC(CC(C)C)c2ccccc2)c(C)n1. The number of aryl methyl sites for hydroxylation is 2. The highest BCUT2D eigenvalue weighted by Gasteiger charge is 2.14. The van der Waals surface area contributed by atoms with E-state index >= 15 is 0 Å². The second kappa shape index (κ2) is 6.56. The number of aromatic nitrogens is 1. The van der Waals surface area contributed by atoms with Crippen molar-refractivity contribution in [2.75, 3.05) is 5.32 Å². The van der Waals surface area contributed by atoms with Crippen LogP contribution in [0.5, 0.6) is 0 Å². The average molecular weight is 268 g/mol. The lowest BCUT2D eigenvalue weighted by atomic mass is 9.96. The van der Waals surface area contributed by atoms with Crippen LogP contribution in [0.1, 0.15) is 43.3 Å². The highest BCUT2D eigenvalue weighted by Crippen LogP contribution is 2.27. The van der Waals surface area contributed by atoms with Crippen molar-refractivity contribution in [1.29, 1.82) is 0 Å². The van der Waals surface area contributed by atoms with E-state index < -0.39 is 0 Å². The molecule has 0 bridgehead atoms. The van der Waals surface area contributed by atoms with Crippen molar-refractivity contribution in [1.82, 2.24) is 4.98 Å². The highest BCUT2D eigenvalue weighted by atomic mass is 14.9. The second-order valence-electron chi connectivity index (χ2n) is 5.82. The summed E-state index contributed by atoms with van der Waals surface area (Å²) in [7, 11) is 0. The molecule has 0 aliphatic carbocycles. The van der Waals surface area contributed by atoms with Crippen LogP contribution in [0.4, 0.5) is 5.69 Å². The molecule has 1 aromatic heterocycles. The molecule has 2 aromatic rings. The van der Waals surface area contributed by atoms with E-state index in [1.807, 2.05) is 6.92 Å². The minimum absolute atomic E-state index is 0.333. The molecule has 0 fully saturated rings. The van der Waals surface area contributed by atoms with Gasteiger partial charge in [0.15, 0.2) is 0 Å². The lowest BCUT2D eigenvalue weighted by molar-refractivity contribution is 0.530. The Morgan fingerprint density at radius 3 is 2.30 bits per heavy atom. The van der Waals surface area contributed by atoms with Gasteiger partial charge in [-0.3, -0.25) is 4.98 Å². The largest absolute Gasteiger partial charge is 0.377 e. The summed E-state index contributed by atoms with van der Waals surface area (Å²) in [5.41, 5.74) is 4.59. The standard InChI is InChI=1S/C18H24N2/c1-13(2)12-18(16-8-6-5-7-9-16)20-17-11-10-14(3)19-15(17)4/h5-11,13,18,20H,12H2,1-4H3. The fourth-order valence-corrected chi connectivity index (χ4v) is 2.46. The first-order chi connectivity index (χ1) is 9.56. The predicted molar refractivity (Wildman–Crippen MR) is 86.0 cm³/mol. The van der Waals surface area contributed by atoms with Crippen molar-refractivity contribution in [2.24, 2.45) is 5.92 Å². The fraction of sp³-hybridized carbons (Fsp3) is 0.389. The Hall–Kier alpha value is -1.83.